The van der Waals surface area contributed by atoms with E-state index in [0.717, 1.165) is 5.56 Å². The van der Waals surface area contributed by atoms with Crippen molar-refractivity contribution < 1.29 is 14.3 Å². The van der Waals surface area contributed by atoms with Gasteiger partial charge in [-0.05, 0) is 5.56 Å². The number of methoxy groups -OCH3 is 1. The molecule has 0 bridgehead atoms. The number of nitrogens with two attached hydrogens (primary N) is 1. The first kappa shape index (κ1) is 18.4. The largest absolute Gasteiger partial charge is 0.380 e. The molecule has 2 atom stereocenters. The number of ether oxygens (including phenoxy) is 1. The summed E-state index contributed by atoms with van der Waals surface area (Å²) in [7, 11) is 1.53. The molecule has 3 N–H and O–H groups in total. The van der Waals surface area contributed by atoms with Crippen molar-refractivity contribution in [2.75, 3.05) is 26.7 Å². The van der Waals surface area contributed by atoms with E-state index < -0.39 is 6.04 Å². The van der Waals surface area contributed by atoms with Gasteiger partial charge in [0.15, 0.2) is 0 Å². The molecule has 1 aromatic rings. The van der Waals surface area contributed by atoms with Crippen LogP contribution in [0.4, 0.5) is 0 Å². The van der Waals surface area contributed by atoms with Crippen LogP contribution < -0.4 is 11.1 Å². The third-order valence-electron chi connectivity index (χ3n) is 3.65. The maximum Gasteiger partial charge on any atom is 0.247 e. The quantitative estimate of drug-likeness (QED) is 0.823. The lowest BCUT2D eigenvalue weighted by Crippen LogP contribution is -2.52. The van der Waals surface area contributed by atoms with E-state index in [0.29, 0.717) is 13.1 Å². The molecule has 0 aromatic heterocycles. The normalized spacial score (nSPS) is 19.1. The van der Waals surface area contributed by atoms with Crippen molar-refractivity contribution >= 4 is 24.2 Å². The van der Waals surface area contributed by atoms with Crippen molar-refractivity contribution in [2.24, 2.45) is 5.73 Å². The molecule has 122 valence electrons. The molecular formula is C15H22ClN3O3. The molecule has 2 unspecified atom stereocenters. The predicted octanol–water partition coefficient (Wildman–Crippen LogP) is 0.472. The highest BCUT2D eigenvalue weighted by Crippen LogP contribution is 2.24. The molecule has 0 spiro atoms. The Labute approximate surface area is 136 Å². The van der Waals surface area contributed by atoms with Gasteiger partial charge < -0.3 is 20.7 Å². The average Bonchev–Trinajstić information content (AvgIpc) is 2.53. The van der Waals surface area contributed by atoms with E-state index >= 15 is 0 Å². The van der Waals surface area contributed by atoms with Gasteiger partial charge in [-0.15, -0.1) is 12.4 Å². The van der Waals surface area contributed by atoms with Crippen LogP contribution in [0.2, 0.25) is 0 Å². The topological polar surface area (TPSA) is 84.7 Å². The second-order valence-corrected chi connectivity index (χ2v) is 4.99. The van der Waals surface area contributed by atoms with Crippen molar-refractivity contribution in [3.05, 3.63) is 35.9 Å². The molecule has 1 aliphatic rings. The maximum absolute atomic E-state index is 12.5. The predicted molar refractivity (Wildman–Crippen MR) is 85.6 cm³/mol. The summed E-state index contributed by atoms with van der Waals surface area (Å²) in [5, 5.41) is 2.81. The summed E-state index contributed by atoms with van der Waals surface area (Å²) in [5.74, 6) is -0.265. The van der Waals surface area contributed by atoms with E-state index in [4.69, 9.17) is 10.5 Å². The fraction of sp³-hybridized carbons (Fsp3) is 0.467. The second-order valence-electron chi connectivity index (χ2n) is 4.99. The number of hydrogen-bond donors (Lipinski definition) is 2. The second kappa shape index (κ2) is 8.73. The lowest BCUT2D eigenvalue weighted by atomic mass is 10.0. The van der Waals surface area contributed by atoms with E-state index in [1.807, 2.05) is 30.3 Å². The first-order valence-corrected chi connectivity index (χ1v) is 7.02. The molecule has 0 aliphatic carbocycles. The first-order valence-electron chi connectivity index (χ1n) is 7.02. The Morgan fingerprint density at radius 1 is 1.45 bits per heavy atom. The van der Waals surface area contributed by atoms with Gasteiger partial charge in [-0.25, -0.2) is 0 Å². The van der Waals surface area contributed by atoms with E-state index in [9.17, 15) is 9.59 Å². The molecule has 2 rings (SSSR count). The number of benzene rings is 1. The zero-order chi connectivity index (χ0) is 15.2. The van der Waals surface area contributed by atoms with E-state index in [-0.39, 0.29) is 43.3 Å². The molecule has 1 fully saturated rings. The number of nitrogens with zero attached hydrogens (tertiary/aromatic N) is 1. The third kappa shape index (κ3) is 4.19. The lowest BCUT2D eigenvalue weighted by molar-refractivity contribution is -0.145. The Balaban J connectivity index is 0.00000242. The number of nitrogens with one attached hydrogen (secondary N) is 1. The third-order valence-corrected chi connectivity index (χ3v) is 3.65. The van der Waals surface area contributed by atoms with Crippen molar-refractivity contribution in [1.82, 2.24) is 10.2 Å². The highest BCUT2D eigenvalue weighted by Gasteiger charge is 2.34. The summed E-state index contributed by atoms with van der Waals surface area (Å²) in [5.41, 5.74) is 6.37. The minimum atomic E-state index is -0.581. The number of carbonyl (C=O) groups is 2. The molecule has 1 heterocycles. The number of amides is 2. The molecule has 2 amide bonds. The van der Waals surface area contributed by atoms with Gasteiger partial charge in [0.05, 0.1) is 12.5 Å². The van der Waals surface area contributed by atoms with Crippen LogP contribution in [0.25, 0.3) is 0 Å². The number of rotatable bonds is 5. The summed E-state index contributed by atoms with van der Waals surface area (Å²) in [6.45, 7) is 1.23. The highest BCUT2D eigenvalue weighted by molar-refractivity contribution is 5.90. The average molecular weight is 328 g/mol. The Kier molecular flexibility index (Phi) is 7.31. The van der Waals surface area contributed by atoms with Gasteiger partial charge in [0.25, 0.3) is 0 Å². The van der Waals surface area contributed by atoms with Crippen LogP contribution in [0, 0.1) is 0 Å². The molecule has 22 heavy (non-hydrogen) atoms. The van der Waals surface area contributed by atoms with Gasteiger partial charge in [-0.1, -0.05) is 30.3 Å². The number of carbonyl (C=O) groups excluding carboxylic acids is 2. The minimum absolute atomic E-state index is 0. The summed E-state index contributed by atoms with van der Waals surface area (Å²) in [6.07, 6.45) is -0.136. The highest BCUT2D eigenvalue weighted by atomic mass is 35.5. The summed E-state index contributed by atoms with van der Waals surface area (Å²) < 4.78 is 5.16. The minimum Gasteiger partial charge on any atom is -0.380 e. The Hall–Kier alpha value is -1.63. The van der Waals surface area contributed by atoms with Gasteiger partial charge in [0.2, 0.25) is 11.8 Å². The number of piperazine rings is 1. The van der Waals surface area contributed by atoms with Crippen molar-refractivity contribution in [3.8, 4) is 0 Å². The van der Waals surface area contributed by atoms with Crippen molar-refractivity contribution in [1.29, 1.82) is 0 Å². The Morgan fingerprint density at radius 3 is 2.73 bits per heavy atom. The summed E-state index contributed by atoms with van der Waals surface area (Å²) in [6, 6.07) is 8.73. The van der Waals surface area contributed by atoms with Crippen molar-refractivity contribution in [2.45, 2.75) is 18.6 Å². The molecule has 1 aliphatic heterocycles. The number of hydrogen-bond acceptors (Lipinski definition) is 4. The van der Waals surface area contributed by atoms with Crippen molar-refractivity contribution in [3.63, 3.8) is 0 Å². The zero-order valence-electron chi connectivity index (χ0n) is 12.5. The summed E-state index contributed by atoms with van der Waals surface area (Å²) in [4.78, 5) is 26.2. The first-order chi connectivity index (χ1) is 10.2. The molecular weight excluding hydrogens is 306 g/mol. The molecule has 0 saturated carbocycles. The van der Waals surface area contributed by atoms with E-state index in [1.165, 1.54) is 7.11 Å². The lowest BCUT2D eigenvalue weighted by Gasteiger charge is -2.36. The van der Waals surface area contributed by atoms with Crippen LogP contribution in [0.5, 0.6) is 0 Å². The van der Waals surface area contributed by atoms with Crippen LogP contribution >= 0.6 is 12.4 Å². The van der Waals surface area contributed by atoms with Gasteiger partial charge >= 0.3 is 0 Å². The monoisotopic (exact) mass is 327 g/mol. The molecule has 7 heteroatoms. The fourth-order valence-corrected chi connectivity index (χ4v) is 2.48. The van der Waals surface area contributed by atoms with Crippen LogP contribution in [0.3, 0.4) is 0 Å². The zero-order valence-corrected chi connectivity index (χ0v) is 13.3. The Bertz CT molecular complexity index is 494. The van der Waals surface area contributed by atoms with Gasteiger partial charge in [-0.2, -0.15) is 0 Å². The molecule has 0 radical (unpaired) electrons. The number of halogens is 1. The maximum atomic E-state index is 12.5. The standard InChI is InChI=1S/C15H21N3O3.ClH/c1-21-12(10-16)9-13(19)18-8-7-17-15(20)14(18)11-5-3-2-4-6-11;/h2-6,12,14H,7-10,16H2,1H3,(H,17,20);1H. The summed E-state index contributed by atoms with van der Waals surface area (Å²) >= 11 is 0. The van der Waals surface area contributed by atoms with Gasteiger partial charge in [0, 0.05) is 26.7 Å². The van der Waals surface area contributed by atoms with E-state index in [2.05, 4.69) is 5.32 Å². The van der Waals surface area contributed by atoms with Gasteiger partial charge in [-0.3, -0.25) is 9.59 Å². The van der Waals surface area contributed by atoms with Crippen LogP contribution in [0.15, 0.2) is 30.3 Å². The van der Waals surface area contributed by atoms with Crippen LogP contribution in [0.1, 0.15) is 18.0 Å². The van der Waals surface area contributed by atoms with Gasteiger partial charge in [0.1, 0.15) is 6.04 Å². The molecule has 6 nitrogen and oxygen atoms in total. The smallest absolute Gasteiger partial charge is 0.247 e. The van der Waals surface area contributed by atoms with Crippen LogP contribution in [-0.4, -0.2) is 49.6 Å². The molecule has 1 saturated heterocycles. The van der Waals surface area contributed by atoms with E-state index in [1.54, 1.807) is 4.90 Å². The Morgan fingerprint density at radius 2 is 2.14 bits per heavy atom. The fourth-order valence-electron chi connectivity index (χ4n) is 2.48. The van der Waals surface area contributed by atoms with Crippen LogP contribution in [-0.2, 0) is 14.3 Å². The molecule has 1 aromatic carbocycles. The SMILES string of the molecule is COC(CN)CC(=O)N1CCNC(=O)C1c1ccccc1.Cl.